The average Bonchev–Trinajstić information content (AvgIpc) is 2.67. The molecule has 27 heavy (non-hydrogen) atoms. The van der Waals surface area contributed by atoms with Crippen molar-refractivity contribution in [2.45, 2.75) is 45.6 Å². The van der Waals surface area contributed by atoms with E-state index in [0.717, 1.165) is 19.3 Å². The molecule has 1 fully saturated rings. The fourth-order valence-corrected chi connectivity index (χ4v) is 3.10. The molecule has 2 rings (SSSR count). The number of benzene rings is 1. The maximum atomic E-state index is 12.4. The van der Waals surface area contributed by atoms with Crippen LogP contribution < -0.4 is 10.1 Å². The molecule has 2 atom stereocenters. The molecule has 144 valence electrons. The molecule has 6 heteroatoms. The molecule has 0 radical (unpaired) electrons. The Labute approximate surface area is 160 Å². The third-order valence-electron chi connectivity index (χ3n) is 4.65. The minimum absolute atomic E-state index is 0.0768. The van der Waals surface area contributed by atoms with Crippen LogP contribution in [-0.2, 0) is 14.3 Å². The fourth-order valence-electron chi connectivity index (χ4n) is 3.10. The first-order chi connectivity index (χ1) is 13.0. The molecule has 0 saturated heterocycles. The zero-order valence-electron chi connectivity index (χ0n) is 15.9. The molecule has 0 heterocycles. The van der Waals surface area contributed by atoms with Gasteiger partial charge in [0, 0.05) is 6.04 Å². The van der Waals surface area contributed by atoms with Crippen molar-refractivity contribution in [2.24, 2.45) is 5.92 Å². The van der Waals surface area contributed by atoms with E-state index in [0.29, 0.717) is 23.8 Å². The Morgan fingerprint density at radius 2 is 1.96 bits per heavy atom. The second kappa shape index (κ2) is 10.4. The van der Waals surface area contributed by atoms with Crippen molar-refractivity contribution >= 4 is 18.0 Å². The number of esters is 1. The van der Waals surface area contributed by atoms with E-state index >= 15 is 0 Å². The van der Waals surface area contributed by atoms with Crippen molar-refractivity contribution in [1.29, 1.82) is 5.26 Å². The first kappa shape index (κ1) is 20.5. The molecule has 1 aromatic rings. The Morgan fingerprint density at radius 3 is 2.59 bits per heavy atom. The van der Waals surface area contributed by atoms with E-state index in [1.165, 1.54) is 6.42 Å². The molecule has 0 aromatic heterocycles. The van der Waals surface area contributed by atoms with Crippen molar-refractivity contribution < 1.29 is 19.1 Å². The number of hydrogen-bond donors (Lipinski definition) is 1. The molecular formula is C21H26N2O4. The number of carbonyl (C=O) groups excluding carboxylic acids is 2. The summed E-state index contributed by atoms with van der Waals surface area (Å²) in [5.74, 6) is 0.179. The minimum atomic E-state index is -0.429. The fraction of sp³-hybridized carbons (Fsp3) is 0.476. The molecule has 1 amide bonds. The van der Waals surface area contributed by atoms with Crippen LogP contribution in [0.15, 0.2) is 29.8 Å². The molecule has 0 bridgehead atoms. The zero-order chi connectivity index (χ0) is 19.6. The van der Waals surface area contributed by atoms with Gasteiger partial charge in [-0.2, -0.15) is 5.26 Å². The lowest BCUT2D eigenvalue weighted by Gasteiger charge is -2.29. The Morgan fingerprint density at radius 1 is 1.26 bits per heavy atom. The van der Waals surface area contributed by atoms with Gasteiger partial charge >= 0.3 is 5.97 Å². The second-order valence-corrected chi connectivity index (χ2v) is 6.67. The van der Waals surface area contributed by atoms with Crippen molar-refractivity contribution in [2.75, 3.05) is 13.2 Å². The second-order valence-electron chi connectivity index (χ2n) is 6.67. The molecule has 1 aliphatic carbocycles. The van der Waals surface area contributed by atoms with E-state index in [1.54, 1.807) is 37.3 Å². The van der Waals surface area contributed by atoms with Crippen LogP contribution in [0.4, 0.5) is 0 Å². The predicted octanol–water partition coefficient (Wildman–Crippen LogP) is 3.23. The lowest BCUT2D eigenvalue weighted by atomic mass is 9.86. The molecule has 0 aliphatic heterocycles. The van der Waals surface area contributed by atoms with E-state index < -0.39 is 5.97 Å². The lowest BCUT2D eigenvalue weighted by Crippen LogP contribution is -2.41. The van der Waals surface area contributed by atoms with Crippen LogP contribution in [0, 0.1) is 17.2 Å². The van der Waals surface area contributed by atoms with Gasteiger partial charge in [0.15, 0.2) is 6.61 Å². The van der Waals surface area contributed by atoms with E-state index in [1.807, 2.05) is 6.07 Å². The summed E-state index contributed by atoms with van der Waals surface area (Å²) in [5, 5.41) is 12.3. The molecule has 0 spiro atoms. The van der Waals surface area contributed by atoms with Crippen LogP contribution in [0.1, 0.15) is 45.1 Å². The van der Waals surface area contributed by atoms with Crippen molar-refractivity contribution in [3.63, 3.8) is 0 Å². The number of rotatable bonds is 7. The van der Waals surface area contributed by atoms with Gasteiger partial charge in [0.1, 0.15) is 17.4 Å². The average molecular weight is 370 g/mol. The highest BCUT2D eigenvalue weighted by atomic mass is 16.6. The van der Waals surface area contributed by atoms with Gasteiger partial charge in [-0.1, -0.05) is 31.9 Å². The van der Waals surface area contributed by atoms with E-state index in [2.05, 4.69) is 12.2 Å². The molecule has 1 aliphatic rings. The smallest absolute Gasteiger partial charge is 0.344 e. The van der Waals surface area contributed by atoms with Crippen molar-refractivity contribution in [3.05, 3.63) is 35.4 Å². The first-order valence-corrected chi connectivity index (χ1v) is 9.34. The van der Waals surface area contributed by atoms with Gasteiger partial charge in [-0.3, -0.25) is 4.79 Å². The summed E-state index contributed by atoms with van der Waals surface area (Å²) in [4.78, 5) is 23.7. The SMILES string of the molecule is CCOC(=O)COc1ccc(/C=C(\C#N)C(=O)N[C@H]2CCCC[C@H]2C)cc1. The molecule has 1 aromatic carbocycles. The summed E-state index contributed by atoms with van der Waals surface area (Å²) in [6, 6.07) is 8.93. The van der Waals surface area contributed by atoms with Gasteiger partial charge in [0.25, 0.3) is 5.91 Å². The highest BCUT2D eigenvalue weighted by Crippen LogP contribution is 2.24. The van der Waals surface area contributed by atoms with E-state index in [9.17, 15) is 14.9 Å². The first-order valence-electron chi connectivity index (χ1n) is 9.34. The summed E-state index contributed by atoms with van der Waals surface area (Å²) in [6.45, 7) is 4.02. The normalized spacial score (nSPS) is 19.7. The number of nitrogens with zero attached hydrogens (tertiary/aromatic N) is 1. The summed E-state index contributed by atoms with van der Waals surface area (Å²) < 4.78 is 10.1. The molecular weight excluding hydrogens is 344 g/mol. The zero-order valence-corrected chi connectivity index (χ0v) is 15.9. The van der Waals surface area contributed by atoms with Gasteiger partial charge in [-0.15, -0.1) is 0 Å². The summed E-state index contributed by atoms with van der Waals surface area (Å²) in [7, 11) is 0. The summed E-state index contributed by atoms with van der Waals surface area (Å²) in [6.07, 6.45) is 5.91. The number of nitrogens with one attached hydrogen (secondary N) is 1. The molecule has 1 N–H and O–H groups in total. The summed E-state index contributed by atoms with van der Waals surface area (Å²) >= 11 is 0. The monoisotopic (exact) mass is 370 g/mol. The molecule has 1 saturated carbocycles. The maximum absolute atomic E-state index is 12.4. The van der Waals surface area contributed by atoms with Crippen LogP contribution in [0.3, 0.4) is 0 Å². The molecule has 6 nitrogen and oxygen atoms in total. The number of nitriles is 1. The van der Waals surface area contributed by atoms with Crippen LogP contribution in [0.2, 0.25) is 0 Å². The summed E-state index contributed by atoms with van der Waals surface area (Å²) in [5.41, 5.74) is 0.787. The third kappa shape index (κ3) is 6.45. The van der Waals surface area contributed by atoms with E-state index in [4.69, 9.17) is 9.47 Å². The highest BCUT2D eigenvalue weighted by Gasteiger charge is 2.24. The van der Waals surface area contributed by atoms with Crippen LogP contribution >= 0.6 is 0 Å². The third-order valence-corrected chi connectivity index (χ3v) is 4.65. The number of ether oxygens (including phenoxy) is 2. The predicted molar refractivity (Wildman–Crippen MR) is 102 cm³/mol. The van der Waals surface area contributed by atoms with Gasteiger partial charge < -0.3 is 14.8 Å². The Balaban J connectivity index is 1.96. The number of carbonyl (C=O) groups is 2. The Hall–Kier alpha value is -2.81. The Kier molecular flexibility index (Phi) is 7.87. The number of amides is 1. The van der Waals surface area contributed by atoms with Crippen LogP contribution in [-0.4, -0.2) is 31.1 Å². The topological polar surface area (TPSA) is 88.4 Å². The maximum Gasteiger partial charge on any atom is 0.344 e. The quantitative estimate of drug-likeness (QED) is 0.452. The van der Waals surface area contributed by atoms with Gasteiger partial charge in [0.05, 0.1) is 6.61 Å². The Bertz CT molecular complexity index is 719. The standard InChI is InChI=1S/C21H26N2O4/c1-3-26-20(24)14-27-18-10-8-16(9-11-18)12-17(13-22)21(25)23-19-7-5-4-6-15(19)2/h8-12,15,19H,3-7,14H2,1-2H3,(H,23,25)/b17-12+/t15-,19+/m1/s1. The van der Waals surface area contributed by atoms with Gasteiger partial charge in [-0.25, -0.2) is 4.79 Å². The largest absolute Gasteiger partial charge is 0.482 e. The number of hydrogen-bond acceptors (Lipinski definition) is 5. The molecule has 0 unspecified atom stereocenters. The minimum Gasteiger partial charge on any atom is -0.482 e. The highest BCUT2D eigenvalue weighted by molar-refractivity contribution is 6.01. The van der Waals surface area contributed by atoms with Gasteiger partial charge in [-0.05, 0) is 49.5 Å². The van der Waals surface area contributed by atoms with Crippen LogP contribution in [0.25, 0.3) is 6.08 Å². The lowest BCUT2D eigenvalue weighted by molar-refractivity contribution is -0.145. The van der Waals surface area contributed by atoms with Crippen molar-refractivity contribution in [1.82, 2.24) is 5.32 Å². The van der Waals surface area contributed by atoms with E-state index in [-0.39, 0.29) is 24.1 Å². The van der Waals surface area contributed by atoms with Crippen LogP contribution in [0.5, 0.6) is 5.75 Å². The van der Waals surface area contributed by atoms with Crippen molar-refractivity contribution in [3.8, 4) is 11.8 Å². The van der Waals surface area contributed by atoms with Gasteiger partial charge in [0.2, 0.25) is 0 Å².